The van der Waals surface area contributed by atoms with Crippen LogP contribution in [0, 0.1) is 0 Å². The van der Waals surface area contributed by atoms with Crippen molar-refractivity contribution < 1.29 is 50.2 Å². The number of hydrogen-bond acceptors (Lipinski definition) is 1. The first-order valence-electron chi connectivity index (χ1n) is 2.73. The molecule has 12 heavy (non-hydrogen) atoms. The van der Waals surface area contributed by atoms with E-state index in [9.17, 15) is 0 Å². The Morgan fingerprint density at radius 3 is 1.17 bits per heavy atom. The molecule has 0 atom stereocenters. The fourth-order valence-corrected chi connectivity index (χ4v) is 0. The second kappa shape index (κ2) is 18.8. The van der Waals surface area contributed by atoms with Crippen LogP contribution in [0.25, 0.3) is 0 Å². The quantitative estimate of drug-likeness (QED) is 0.300. The summed E-state index contributed by atoms with van der Waals surface area (Å²) in [5.74, 6) is 0. The fourth-order valence-electron chi connectivity index (χ4n) is 0. The molecule has 0 aromatic heterocycles. The Bertz CT molecular complexity index is 93.9. The zero-order chi connectivity index (χ0) is 9.91. The van der Waals surface area contributed by atoms with Crippen molar-refractivity contribution in [3.63, 3.8) is 0 Å². The van der Waals surface area contributed by atoms with Crippen LogP contribution in [0.5, 0.6) is 0 Å². The van der Waals surface area contributed by atoms with Crippen molar-refractivity contribution in [3.05, 3.63) is 0 Å². The Kier molecular flexibility index (Phi) is 37.1. The second-order valence-electron chi connectivity index (χ2n) is 1.05. The first-order valence-corrected chi connectivity index (χ1v) is 6.54. The molecule has 0 saturated carbocycles. The van der Waals surface area contributed by atoms with Gasteiger partial charge in [-0.1, -0.05) is 45.7 Å². The monoisotopic (exact) mass is 338 g/mol. The standard InChI is InChI=1S/2C2H5Br.Na.H3O4P.H/c2*1-2-3;;1-5(2,3)4;/h2*2H2,1H3;;(H3,1,2,3,4);/q;;+1;;-1. The van der Waals surface area contributed by atoms with Gasteiger partial charge in [0.25, 0.3) is 0 Å². The molecule has 0 fully saturated rings. The number of halogens is 2. The van der Waals surface area contributed by atoms with Crippen molar-refractivity contribution in [1.29, 1.82) is 0 Å². The summed E-state index contributed by atoms with van der Waals surface area (Å²) < 4.78 is 8.88. The van der Waals surface area contributed by atoms with Gasteiger partial charge in [-0.2, -0.15) is 0 Å². The van der Waals surface area contributed by atoms with Gasteiger partial charge in [0, 0.05) is 10.7 Å². The van der Waals surface area contributed by atoms with Gasteiger partial charge in [-0.3, -0.25) is 0 Å². The van der Waals surface area contributed by atoms with E-state index in [0.29, 0.717) is 0 Å². The van der Waals surface area contributed by atoms with E-state index >= 15 is 0 Å². The molecular weight excluding hydrogens is 326 g/mol. The molecule has 0 bridgehead atoms. The molecule has 0 aliphatic heterocycles. The molecule has 0 aromatic rings. The molecule has 0 amide bonds. The molecular formula is C4H14Br2NaO4P. The van der Waals surface area contributed by atoms with E-state index in [1.54, 1.807) is 0 Å². The van der Waals surface area contributed by atoms with Crippen molar-refractivity contribution >= 4 is 39.7 Å². The Balaban J connectivity index is -0.0000000240. The predicted octanol–water partition coefficient (Wildman–Crippen LogP) is -1.01. The minimum absolute atomic E-state index is 0. The summed E-state index contributed by atoms with van der Waals surface area (Å²) in [7, 11) is -4.64. The largest absolute Gasteiger partial charge is 1.00 e. The summed E-state index contributed by atoms with van der Waals surface area (Å²) >= 11 is 6.29. The summed E-state index contributed by atoms with van der Waals surface area (Å²) in [5.41, 5.74) is 0. The summed E-state index contributed by atoms with van der Waals surface area (Å²) in [6, 6.07) is 0. The van der Waals surface area contributed by atoms with E-state index in [1.807, 2.05) is 13.8 Å². The second-order valence-corrected chi connectivity index (χ2v) is 4.32. The fraction of sp³-hybridized carbons (Fsp3) is 1.00. The molecule has 0 saturated heterocycles. The Morgan fingerprint density at radius 2 is 1.17 bits per heavy atom. The van der Waals surface area contributed by atoms with Crippen molar-refractivity contribution in [2.24, 2.45) is 0 Å². The van der Waals surface area contributed by atoms with Crippen LogP contribution in [0.4, 0.5) is 0 Å². The number of hydrogen-bond donors (Lipinski definition) is 3. The van der Waals surface area contributed by atoms with Gasteiger partial charge in [0.15, 0.2) is 0 Å². The summed E-state index contributed by atoms with van der Waals surface area (Å²) in [5, 5.41) is 2.12. The van der Waals surface area contributed by atoms with Crippen molar-refractivity contribution in [1.82, 2.24) is 0 Å². The summed E-state index contributed by atoms with van der Waals surface area (Å²) in [6.07, 6.45) is 0. The van der Waals surface area contributed by atoms with Crippen LogP contribution in [0.15, 0.2) is 0 Å². The third-order valence-electron chi connectivity index (χ3n) is 0. The molecule has 8 heteroatoms. The van der Waals surface area contributed by atoms with Gasteiger partial charge in [0.05, 0.1) is 0 Å². The first-order chi connectivity index (χ1) is 4.83. The van der Waals surface area contributed by atoms with E-state index in [-0.39, 0.29) is 31.0 Å². The van der Waals surface area contributed by atoms with Gasteiger partial charge in [0.2, 0.25) is 0 Å². The molecule has 0 unspecified atom stereocenters. The molecule has 0 aliphatic carbocycles. The third-order valence-corrected chi connectivity index (χ3v) is 0. The first kappa shape index (κ1) is 23.7. The van der Waals surface area contributed by atoms with Crippen molar-refractivity contribution in [2.75, 3.05) is 10.7 Å². The van der Waals surface area contributed by atoms with E-state index in [2.05, 4.69) is 31.9 Å². The van der Waals surface area contributed by atoms with Gasteiger partial charge in [0.1, 0.15) is 0 Å². The zero-order valence-electron chi connectivity index (χ0n) is 8.37. The molecule has 0 aromatic carbocycles. The van der Waals surface area contributed by atoms with E-state index in [0.717, 1.165) is 10.7 Å². The summed E-state index contributed by atoms with van der Waals surface area (Å²) in [4.78, 5) is 21.6. The molecule has 0 aliphatic rings. The number of phosphoric acid groups is 1. The van der Waals surface area contributed by atoms with E-state index in [1.165, 1.54) is 0 Å². The van der Waals surface area contributed by atoms with Crippen LogP contribution < -0.4 is 29.6 Å². The van der Waals surface area contributed by atoms with Crippen LogP contribution in [-0.4, -0.2) is 25.3 Å². The zero-order valence-corrected chi connectivity index (χ0v) is 13.4. The van der Waals surface area contributed by atoms with Gasteiger partial charge in [-0.15, -0.1) is 0 Å². The van der Waals surface area contributed by atoms with Crippen LogP contribution >= 0.6 is 39.7 Å². The van der Waals surface area contributed by atoms with Crippen molar-refractivity contribution in [2.45, 2.75) is 13.8 Å². The van der Waals surface area contributed by atoms with Crippen LogP contribution in [0.2, 0.25) is 0 Å². The average Bonchev–Trinajstić information content (AvgIpc) is 1.62. The smallest absolute Gasteiger partial charge is 1.00 e. The maximum absolute atomic E-state index is 8.88. The van der Waals surface area contributed by atoms with E-state index < -0.39 is 7.82 Å². The molecule has 74 valence electrons. The predicted molar refractivity (Wildman–Crippen MR) is 54.3 cm³/mol. The molecule has 0 heterocycles. The van der Waals surface area contributed by atoms with E-state index in [4.69, 9.17) is 19.2 Å². The molecule has 3 N–H and O–H groups in total. The van der Waals surface area contributed by atoms with Crippen molar-refractivity contribution in [3.8, 4) is 0 Å². The Labute approximate surface area is 113 Å². The minimum atomic E-state index is -4.64. The Hall–Kier alpha value is 2.07. The van der Waals surface area contributed by atoms with Crippen LogP contribution in [0.3, 0.4) is 0 Å². The average molecular weight is 340 g/mol. The Morgan fingerprint density at radius 1 is 1.17 bits per heavy atom. The maximum atomic E-state index is 8.88. The molecule has 0 radical (unpaired) electrons. The normalized spacial score (nSPS) is 7.92. The number of alkyl halides is 2. The number of rotatable bonds is 0. The third kappa shape index (κ3) is 345. The van der Waals surface area contributed by atoms with Crippen LogP contribution in [0.1, 0.15) is 15.3 Å². The molecule has 4 nitrogen and oxygen atoms in total. The van der Waals surface area contributed by atoms with Gasteiger partial charge in [-0.05, 0) is 0 Å². The SMILES string of the molecule is CCBr.CCBr.O=P(O)(O)O.[H-].[Na+]. The van der Waals surface area contributed by atoms with Gasteiger partial charge >= 0.3 is 37.4 Å². The van der Waals surface area contributed by atoms with Gasteiger partial charge in [-0.25, -0.2) is 4.57 Å². The van der Waals surface area contributed by atoms with Gasteiger partial charge < -0.3 is 16.1 Å². The molecule has 0 spiro atoms. The van der Waals surface area contributed by atoms with Crippen LogP contribution in [-0.2, 0) is 4.57 Å². The topological polar surface area (TPSA) is 77.8 Å². The molecule has 0 rings (SSSR count). The maximum Gasteiger partial charge on any atom is 1.00 e. The minimum Gasteiger partial charge on any atom is -1.00 e. The summed E-state index contributed by atoms with van der Waals surface area (Å²) in [6.45, 7) is 4.08.